The summed E-state index contributed by atoms with van der Waals surface area (Å²) in [5.41, 5.74) is 10.1. The Labute approximate surface area is 81.3 Å². The van der Waals surface area contributed by atoms with Crippen molar-refractivity contribution in [3.05, 3.63) is 21.4 Å². The van der Waals surface area contributed by atoms with Crippen molar-refractivity contribution >= 4 is 21.6 Å². The minimum absolute atomic E-state index is 0.759. The Kier molecular flexibility index (Phi) is 2.73. The molecular formula is C9H13BrN2. The minimum atomic E-state index is 0.759. The number of halogens is 1. The van der Waals surface area contributed by atoms with Crippen LogP contribution >= 0.6 is 15.9 Å². The summed E-state index contributed by atoms with van der Waals surface area (Å²) in [6.07, 6.45) is 0.988. The van der Waals surface area contributed by atoms with Crippen molar-refractivity contribution in [2.75, 3.05) is 5.73 Å². The van der Waals surface area contributed by atoms with Crippen LogP contribution in [0, 0.1) is 13.8 Å². The van der Waals surface area contributed by atoms with Crippen molar-refractivity contribution in [1.82, 2.24) is 4.98 Å². The van der Waals surface area contributed by atoms with Gasteiger partial charge in [-0.1, -0.05) is 6.92 Å². The Bertz CT molecular complexity index is 308. The summed E-state index contributed by atoms with van der Waals surface area (Å²) in [7, 11) is 0. The predicted octanol–water partition coefficient (Wildman–Crippen LogP) is 2.61. The van der Waals surface area contributed by atoms with E-state index in [9.17, 15) is 0 Å². The Morgan fingerprint density at radius 3 is 2.50 bits per heavy atom. The molecule has 12 heavy (non-hydrogen) atoms. The molecule has 0 spiro atoms. The van der Waals surface area contributed by atoms with Gasteiger partial charge in [-0.25, -0.2) is 4.98 Å². The number of nitrogen functional groups attached to an aromatic ring is 1. The van der Waals surface area contributed by atoms with E-state index in [4.69, 9.17) is 5.73 Å². The molecule has 0 aliphatic carbocycles. The van der Waals surface area contributed by atoms with Gasteiger partial charge in [0.15, 0.2) is 0 Å². The standard InChI is InChI=1S/C9H13BrN2/c1-4-7-5(2)8(11)9(10)12-6(7)3/h4,11H2,1-3H3. The van der Waals surface area contributed by atoms with Crippen LogP contribution in [0.2, 0.25) is 0 Å². The summed E-state index contributed by atoms with van der Waals surface area (Å²) < 4.78 is 0.759. The van der Waals surface area contributed by atoms with Crippen molar-refractivity contribution in [2.24, 2.45) is 0 Å². The number of nitrogens with two attached hydrogens (primary N) is 1. The normalized spacial score (nSPS) is 10.3. The maximum Gasteiger partial charge on any atom is 0.129 e. The summed E-state index contributed by atoms with van der Waals surface area (Å²) in [5, 5.41) is 0. The van der Waals surface area contributed by atoms with Crippen LogP contribution in [0.25, 0.3) is 0 Å². The van der Waals surface area contributed by atoms with Crippen molar-refractivity contribution < 1.29 is 0 Å². The molecule has 2 nitrogen and oxygen atoms in total. The predicted molar refractivity (Wildman–Crippen MR) is 55.2 cm³/mol. The fourth-order valence-electron chi connectivity index (χ4n) is 1.38. The van der Waals surface area contributed by atoms with E-state index in [1.807, 2.05) is 13.8 Å². The van der Waals surface area contributed by atoms with E-state index in [2.05, 4.69) is 27.8 Å². The summed E-state index contributed by atoms with van der Waals surface area (Å²) in [5.74, 6) is 0. The van der Waals surface area contributed by atoms with Gasteiger partial charge in [0.05, 0.1) is 5.69 Å². The number of anilines is 1. The summed E-state index contributed by atoms with van der Waals surface area (Å²) in [6.45, 7) is 6.16. The molecule has 0 fully saturated rings. The lowest BCUT2D eigenvalue weighted by molar-refractivity contribution is 1.01. The molecule has 0 aliphatic rings. The topological polar surface area (TPSA) is 38.9 Å². The van der Waals surface area contributed by atoms with Crippen LogP contribution in [-0.2, 0) is 6.42 Å². The molecule has 1 aromatic rings. The van der Waals surface area contributed by atoms with Crippen molar-refractivity contribution in [1.29, 1.82) is 0 Å². The second-order valence-electron chi connectivity index (χ2n) is 2.86. The highest BCUT2D eigenvalue weighted by Gasteiger charge is 2.08. The first-order chi connectivity index (χ1) is 5.57. The summed E-state index contributed by atoms with van der Waals surface area (Å²) in [6, 6.07) is 0. The quantitative estimate of drug-likeness (QED) is 0.751. The van der Waals surface area contributed by atoms with E-state index in [1.165, 1.54) is 5.56 Å². The van der Waals surface area contributed by atoms with Gasteiger partial charge in [0.2, 0.25) is 0 Å². The zero-order valence-electron chi connectivity index (χ0n) is 7.61. The average molecular weight is 229 g/mol. The molecule has 0 saturated heterocycles. The highest BCUT2D eigenvalue weighted by molar-refractivity contribution is 9.10. The first-order valence-electron chi connectivity index (χ1n) is 3.99. The molecule has 1 heterocycles. The molecule has 0 bridgehead atoms. The van der Waals surface area contributed by atoms with Gasteiger partial charge < -0.3 is 5.73 Å². The van der Waals surface area contributed by atoms with Crippen LogP contribution in [0.1, 0.15) is 23.7 Å². The van der Waals surface area contributed by atoms with Crippen LogP contribution < -0.4 is 5.73 Å². The maximum atomic E-state index is 5.82. The number of nitrogens with zero attached hydrogens (tertiary/aromatic N) is 1. The number of aromatic nitrogens is 1. The molecule has 0 radical (unpaired) electrons. The largest absolute Gasteiger partial charge is 0.396 e. The average Bonchev–Trinajstić information content (AvgIpc) is 2.01. The third-order valence-corrected chi connectivity index (χ3v) is 2.74. The first-order valence-corrected chi connectivity index (χ1v) is 4.78. The van der Waals surface area contributed by atoms with Gasteiger partial charge >= 0.3 is 0 Å². The molecule has 2 N–H and O–H groups in total. The van der Waals surface area contributed by atoms with Gasteiger partial charge in [-0.3, -0.25) is 0 Å². The Balaban J connectivity index is 3.40. The number of rotatable bonds is 1. The fourth-order valence-corrected chi connectivity index (χ4v) is 1.95. The molecule has 0 aliphatic heterocycles. The Morgan fingerprint density at radius 1 is 1.42 bits per heavy atom. The molecule has 0 amide bonds. The summed E-state index contributed by atoms with van der Waals surface area (Å²) in [4.78, 5) is 4.30. The second-order valence-corrected chi connectivity index (χ2v) is 3.61. The van der Waals surface area contributed by atoms with Gasteiger partial charge in [0.1, 0.15) is 4.60 Å². The lowest BCUT2D eigenvalue weighted by atomic mass is 10.0. The zero-order chi connectivity index (χ0) is 9.30. The zero-order valence-corrected chi connectivity index (χ0v) is 9.20. The minimum Gasteiger partial charge on any atom is -0.396 e. The number of aryl methyl sites for hydroxylation is 1. The molecule has 0 unspecified atom stereocenters. The SMILES string of the molecule is CCc1c(C)nc(Br)c(N)c1C. The van der Waals surface area contributed by atoms with Crippen LogP contribution in [0.15, 0.2) is 4.60 Å². The fraction of sp³-hybridized carbons (Fsp3) is 0.444. The number of pyridine rings is 1. The molecule has 0 aromatic carbocycles. The smallest absolute Gasteiger partial charge is 0.129 e. The molecule has 0 atom stereocenters. The van der Waals surface area contributed by atoms with E-state index in [-0.39, 0.29) is 0 Å². The van der Waals surface area contributed by atoms with E-state index in [0.717, 1.165) is 28.0 Å². The second kappa shape index (κ2) is 3.44. The number of hydrogen-bond donors (Lipinski definition) is 1. The lowest BCUT2D eigenvalue weighted by Gasteiger charge is -2.10. The highest BCUT2D eigenvalue weighted by atomic mass is 79.9. The third kappa shape index (κ3) is 1.46. The van der Waals surface area contributed by atoms with Crippen LogP contribution in [0.5, 0.6) is 0 Å². The van der Waals surface area contributed by atoms with Crippen molar-refractivity contribution in [3.8, 4) is 0 Å². The Morgan fingerprint density at radius 2 is 2.00 bits per heavy atom. The molecule has 0 saturated carbocycles. The van der Waals surface area contributed by atoms with E-state index in [0.29, 0.717) is 0 Å². The van der Waals surface area contributed by atoms with Crippen LogP contribution in [0.4, 0.5) is 5.69 Å². The van der Waals surface area contributed by atoms with Crippen molar-refractivity contribution in [2.45, 2.75) is 27.2 Å². The molecule has 1 aromatic heterocycles. The van der Waals surface area contributed by atoms with E-state index >= 15 is 0 Å². The van der Waals surface area contributed by atoms with Gasteiger partial charge in [-0.05, 0) is 47.3 Å². The maximum absolute atomic E-state index is 5.82. The molecular weight excluding hydrogens is 216 g/mol. The van der Waals surface area contributed by atoms with Gasteiger partial charge in [0, 0.05) is 5.69 Å². The van der Waals surface area contributed by atoms with Crippen molar-refractivity contribution in [3.63, 3.8) is 0 Å². The monoisotopic (exact) mass is 228 g/mol. The third-order valence-electron chi connectivity index (χ3n) is 2.14. The summed E-state index contributed by atoms with van der Waals surface area (Å²) >= 11 is 3.32. The van der Waals surface area contributed by atoms with Gasteiger partial charge in [-0.15, -0.1) is 0 Å². The van der Waals surface area contributed by atoms with Crippen LogP contribution in [-0.4, -0.2) is 4.98 Å². The Hall–Kier alpha value is -0.570. The molecule has 3 heteroatoms. The number of hydrogen-bond acceptors (Lipinski definition) is 2. The van der Waals surface area contributed by atoms with Crippen LogP contribution in [0.3, 0.4) is 0 Å². The van der Waals surface area contributed by atoms with E-state index < -0.39 is 0 Å². The van der Waals surface area contributed by atoms with E-state index in [1.54, 1.807) is 0 Å². The van der Waals surface area contributed by atoms with Gasteiger partial charge in [0.25, 0.3) is 0 Å². The molecule has 66 valence electrons. The highest BCUT2D eigenvalue weighted by Crippen LogP contribution is 2.25. The molecule has 1 rings (SSSR count). The lowest BCUT2D eigenvalue weighted by Crippen LogP contribution is -2.02. The first kappa shape index (κ1) is 9.52. The van der Waals surface area contributed by atoms with Gasteiger partial charge in [-0.2, -0.15) is 0 Å².